The molecule has 0 saturated carbocycles. The maximum atomic E-state index is 12.8. The molecule has 1 aromatic heterocycles. The van der Waals surface area contributed by atoms with Crippen molar-refractivity contribution in [2.75, 3.05) is 6.61 Å². The van der Waals surface area contributed by atoms with Crippen molar-refractivity contribution in [3.8, 4) is 0 Å². The number of hydrogen-bond donors (Lipinski definition) is 1. The predicted molar refractivity (Wildman–Crippen MR) is 69.5 cm³/mol. The molecular formula is C14H14FN3O2. The van der Waals surface area contributed by atoms with Crippen LogP contribution >= 0.6 is 0 Å². The van der Waals surface area contributed by atoms with E-state index in [9.17, 15) is 9.18 Å². The van der Waals surface area contributed by atoms with Crippen LogP contribution < -0.4 is 5.32 Å². The van der Waals surface area contributed by atoms with Gasteiger partial charge in [-0.1, -0.05) is 12.1 Å². The van der Waals surface area contributed by atoms with Gasteiger partial charge in [-0.2, -0.15) is 0 Å². The van der Waals surface area contributed by atoms with Crippen molar-refractivity contribution < 1.29 is 13.9 Å². The third-order valence-corrected chi connectivity index (χ3v) is 3.17. The minimum atomic E-state index is -0.290. The average Bonchev–Trinajstić information content (AvgIpc) is 2.90. The molecule has 5 nitrogen and oxygen atoms in total. The third-order valence-electron chi connectivity index (χ3n) is 3.17. The number of carbonyl (C=O) groups excluding carboxylic acids is 1. The molecular weight excluding hydrogens is 261 g/mol. The largest absolute Gasteiger partial charge is 0.372 e. The number of halogens is 1. The molecule has 1 aliphatic heterocycles. The standard InChI is InChI=1S/C14H14FN3O2/c15-11-3-1-10(2-4-11)7-16-14(19)12-8-18-5-6-20-9-13(18)17-12/h1-4,8H,5-7,9H2,(H,16,19). The molecule has 2 heterocycles. The van der Waals surface area contributed by atoms with Crippen molar-refractivity contribution >= 4 is 5.91 Å². The zero-order chi connectivity index (χ0) is 13.9. The minimum absolute atomic E-state index is 0.240. The Morgan fingerprint density at radius 3 is 2.95 bits per heavy atom. The van der Waals surface area contributed by atoms with Gasteiger partial charge < -0.3 is 14.6 Å². The Morgan fingerprint density at radius 1 is 1.40 bits per heavy atom. The maximum Gasteiger partial charge on any atom is 0.271 e. The molecule has 1 aromatic carbocycles. The molecule has 0 atom stereocenters. The Hall–Kier alpha value is -2.21. The molecule has 0 unspecified atom stereocenters. The monoisotopic (exact) mass is 275 g/mol. The van der Waals surface area contributed by atoms with Gasteiger partial charge in [0.1, 0.15) is 23.9 Å². The van der Waals surface area contributed by atoms with Crippen LogP contribution in [0.2, 0.25) is 0 Å². The number of hydrogen-bond acceptors (Lipinski definition) is 3. The summed E-state index contributed by atoms with van der Waals surface area (Å²) >= 11 is 0. The molecule has 0 aliphatic carbocycles. The number of benzene rings is 1. The van der Waals surface area contributed by atoms with E-state index in [0.717, 1.165) is 11.4 Å². The lowest BCUT2D eigenvalue weighted by Crippen LogP contribution is -2.23. The molecule has 0 spiro atoms. The van der Waals surface area contributed by atoms with Gasteiger partial charge in [0.25, 0.3) is 5.91 Å². The number of carbonyl (C=O) groups is 1. The first-order chi connectivity index (χ1) is 9.72. The van der Waals surface area contributed by atoms with Gasteiger partial charge in [0, 0.05) is 19.3 Å². The van der Waals surface area contributed by atoms with Gasteiger partial charge in [-0.3, -0.25) is 4.79 Å². The number of ether oxygens (including phenoxy) is 1. The Balaban J connectivity index is 1.64. The summed E-state index contributed by atoms with van der Waals surface area (Å²) in [7, 11) is 0. The second kappa shape index (κ2) is 5.42. The van der Waals surface area contributed by atoms with Crippen molar-refractivity contribution in [3.05, 3.63) is 53.4 Å². The van der Waals surface area contributed by atoms with Crippen LogP contribution in [0.3, 0.4) is 0 Å². The fourth-order valence-corrected chi connectivity index (χ4v) is 2.07. The van der Waals surface area contributed by atoms with Crippen molar-refractivity contribution in [1.82, 2.24) is 14.9 Å². The number of amides is 1. The fraction of sp³-hybridized carbons (Fsp3) is 0.286. The van der Waals surface area contributed by atoms with Crippen LogP contribution in [-0.2, 0) is 24.4 Å². The summed E-state index contributed by atoms with van der Waals surface area (Å²) in [5.74, 6) is 0.237. The maximum absolute atomic E-state index is 12.8. The van der Waals surface area contributed by atoms with Crippen LogP contribution in [-0.4, -0.2) is 22.1 Å². The first-order valence-electron chi connectivity index (χ1n) is 6.39. The first-order valence-corrected chi connectivity index (χ1v) is 6.39. The zero-order valence-electron chi connectivity index (χ0n) is 10.8. The van der Waals surface area contributed by atoms with E-state index in [1.807, 2.05) is 4.57 Å². The zero-order valence-corrected chi connectivity index (χ0v) is 10.8. The van der Waals surface area contributed by atoms with Crippen LogP contribution in [0.15, 0.2) is 30.5 Å². The normalized spacial score (nSPS) is 13.8. The lowest BCUT2D eigenvalue weighted by Gasteiger charge is -2.13. The summed E-state index contributed by atoms with van der Waals surface area (Å²) < 4.78 is 20.0. The van der Waals surface area contributed by atoms with E-state index in [0.29, 0.717) is 32.0 Å². The third kappa shape index (κ3) is 2.70. The van der Waals surface area contributed by atoms with E-state index in [1.54, 1.807) is 18.3 Å². The molecule has 1 N–H and O–H groups in total. The summed E-state index contributed by atoms with van der Waals surface area (Å²) in [5.41, 5.74) is 1.22. The Bertz CT molecular complexity index is 598. The summed E-state index contributed by atoms with van der Waals surface area (Å²) in [5, 5.41) is 2.77. The topological polar surface area (TPSA) is 56.2 Å². The quantitative estimate of drug-likeness (QED) is 0.923. The van der Waals surface area contributed by atoms with Gasteiger partial charge >= 0.3 is 0 Å². The summed E-state index contributed by atoms with van der Waals surface area (Å²) in [6, 6.07) is 6.02. The number of imidazole rings is 1. The van der Waals surface area contributed by atoms with Gasteiger partial charge in [0.05, 0.1) is 6.61 Å². The molecule has 1 aliphatic rings. The van der Waals surface area contributed by atoms with Gasteiger partial charge in [-0.05, 0) is 17.7 Å². The van der Waals surface area contributed by atoms with Gasteiger partial charge in [0.2, 0.25) is 0 Å². The fourth-order valence-electron chi connectivity index (χ4n) is 2.07. The number of fused-ring (bicyclic) bond motifs is 1. The highest BCUT2D eigenvalue weighted by molar-refractivity contribution is 5.92. The molecule has 3 rings (SSSR count). The van der Waals surface area contributed by atoms with Gasteiger partial charge in [0.15, 0.2) is 0 Å². The smallest absolute Gasteiger partial charge is 0.271 e. The van der Waals surface area contributed by atoms with Crippen LogP contribution in [0.4, 0.5) is 4.39 Å². The summed E-state index contributed by atoms with van der Waals surface area (Å²) in [6.07, 6.45) is 1.73. The van der Waals surface area contributed by atoms with E-state index >= 15 is 0 Å². The lowest BCUT2D eigenvalue weighted by atomic mass is 10.2. The van der Waals surface area contributed by atoms with E-state index in [2.05, 4.69) is 10.3 Å². The number of nitrogens with zero attached hydrogens (tertiary/aromatic N) is 2. The molecule has 2 aromatic rings. The number of aromatic nitrogens is 2. The Kier molecular flexibility index (Phi) is 3.47. The molecule has 0 saturated heterocycles. The van der Waals surface area contributed by atoms with Gasteiger partial charge in [-0.25, -0.2) is 9.37 Å². The van der Waals surface area contributed by atoms with Crippen molar-refractivity contribution in [2.45, 2.75) is 19.7 Å². The van der Waals surface area contributed by atoms with Crippen LogP contribution in [0.25, 0.3) is 0 Å². The summed E-state index contributed by atoms with van der Waals surface area (Å²) in [6.45, 7) is 2.14. The number of rotatable bonds is 3. The second-order valence-corrected chi connectivity index (χ2v) is 4.60. The molecule has 0 radical (unpaired) electrons. The Morgan fingerprint density at radius 2 is 2.20 bits per heavy atom. The lowest BCUT2D eigenvalue weighted by molar-refractivity contribution is 0.0816. The average molecular weight is 275 g/mol. The van der Waals surface area contributed by atoms with E-state index in [4.69, 9.17) is 4.74 Å². The van der Waals surface area contributed by atoms with Gasteiger partial charge in [-0.15, -0.1) is 0 Å². The van der Waals surface area contributed by atoms with Crippen molar-refractivity contribution in [1.29, 1.82) is 0 Å². The molecule has 104 valence electrons. The van der Waals surface area contributed by atoms with E-state index in [-0.39, 0.29) is 11.7 Å². The molecule has 1 amide bonds. The van der Waals surface area contributed by atoms with Crippen LogP contribution in [0.5, 0.6) is 0 Å². The highest BCUT2D eigenvalue weighted by Crippen LogP contribution is 2.10. The van der Waals surface area contributed by atoms with E-state index in [1.165, 1.54) is 12.1 Å². The van der Waals surface area contributed by atoms with Crippen molar-refractivity contribution in [3.63, 3.8) is 0 Å². The predicted octanol–water partition coefficient (Wildman–Crippen LogP) is 1.48. The number of nitrogens with one attached hydrogen (secondary N) is 1. The summed E-state index contributed by atoms with van der Waals surface area (Å²) in [4.78, 5) is 16.2. The second-order valence-electron chi connectivity index (χ2n) is 4.60. The molecule has 6 heteroatoms. The minimum Gasteiger partial charge on any atom is -0.372 e. The van der Waals surface area contributed by atoms with Crippen molar-refractivity contribution in [2.24, 2.45) is 0 Å². The SMILES string of the molecule is O=C(NCc1ccc(F)cc1)c1cn2c(n1)COCC2. The first kappa shape index (κ1) is 12.8. The highest BCUT2D eigenvalue weighted by atomic mass is 19.1. The molecule has 20 heavy (non-hydrogen) atoms. The Labute approximate surface area is 115 Å². The van der Waals surface area contributed by atoms with Crippen LogP contribution in [0, 0.1) is 5.82 Å². The molecule has 0 fully saturated rings. The highest BCUT2D eigenvalue weighted by Gasteiger charge is 2.16. The van der Waals surface area contributed by atoms with Crippen LogP contribution in [0.1, 0.15) is 21.9 Å². The van der Waals surface area contributed by atoms with E-state index < -0.39 is 0 Å². The molecule has 0 bridgehead atoms.